The van der Waals surface area contributed by atoms with Gasteiger partial charge in [0, 0.05) is 16.6 Å². The van der Waals surface area contributed by atoms with Crippen LogP contribution in [0.25, 0.3) is 0 Å². The molecule has 0 saturated heterocycles. The monoisotopic (exact) mass is 327 g/mol. The van der Waals surface area contributed by atoms with Gasteiger partial charge in [-0.3, -0.25) is 0 Å². The Morgan fingerprint density at radius 1 is 1.39 bits per heavy atom. The molecule has 2 nitrogen and oxygen atoms in total. The molecule has 0 spiro atoms. The highest BCUT2D eigenvalue weighted by atomic mass is 79.9. The van der Waals surface area contributed by atoms with E-state index in [9.17, 15) is 0 Å². The van der Waals surface area contributed by atoms with Crippen LogP contribution >= 0.6 is 27.5 Å². The van der Waals surface area contributed by atoms with Crippen molar-refractivity contribution in [3.8, 4) is 0 Å². The van der Waals surface area contributed by atoms with Crippen LogP contribution in [0.1, 0.15) is 22.7 Å². The largest absolute Gasteiger partial charge is 0.457 e. The first-order valence-corrected chi connectivity index (χ1v) is 6.94. The molecule has 1 unspecified atom stereocenters. The first-order chi connectivity index (χ1) is 8.61. The second-order valence-corrected chi connectivity index (χ2v) is 5.42. The van der Waals surface area contributed by atoms with Gasteiger partial charge in [-0.25, -0.2) is 0 Å². The lowest BCUT2D eigenvalue weighted by Gasteiger charge is -2.16. The van der Waals surface area contributed by atoms with Gasteiger partial charge in [-0.2, -0.15) is 0 Å². The summed E-state index contributed by atoms with van der Waals surface area (Å²) in [6.07, 6.45) is 2.51. The van der Waals surface area contributed by atoms with E-state index in [-0.39, 0.29) is 6.04 Å². The van der Waals surface area contributed by atoms with E-state index in [1.54, 1.807) is 6.26 Å². The van der Waals surface area contributed by atoms with E-state index in [2.05, 4.69) is 33.4 Å². The molecular weight excluding hydrogens is 314 g/mol. The Bertz CT molecular complexity index is 538. The predicted octanol–water partition coefficient (Wildman–Crippen LogP) is 4.51. The molecule has 0 aliphatic carbocycles. The Morgan fingerprint density at radius 3 is 2.72 bits per heavy atom. The number of halogens is 2. The van der Waals surface area contributed by atoms with E-state index in [0.717, 1.165) is 27.2 Å². The molecule has 0 radical (unpaired) electrons. The van der Waals surface area contributed by atoms with Crippen LogP contribution in [0.4, 0.5) is 0 Å². The molecule has 1 aromatic carbocycles. The van der Waals surface area contributed by atoms with Gasteiger partial charge >= 0.3 is 0 Å². The molecule has 4 heteroatoms. The maximum absolute atomic E-state index is 6.27. The van der Waals surface area contributed by atoms with E-state index in [0.29, 0.717) is 0 Å². The molecule has 0 aliphatic rings. The molecule has 1 N–H and O–H groups in total. The Morgan fingerprint density at radius 2 is 2.17 bits per heavy atom. The zero-order valence-electron chi connectivity index (χ0n) is 10.3. The Balaban J connectivity index is 2.23. The summed E-state index contributed by atoms with van der Waals surface area (Å²) < 4.78 is 6.05. The van der Waals surface area contributed by atoms with Crippen molar-refractivity contribution in [3.05, 3.63) is 56.9 Å². The molecule has 0 bridgehead atoms. The lowest BCUT2D eigenvalue weighted by atomic mass is 10.0. The molecule has 0 aliphatic heterocycles. The predicted molar refractivity (Wildman–Crippen MR) is 78.1 cm³/mol. The van der Waals surface area contributed by atoms with Crippen LogP contribution in [-0.2, 0) is 6.42 Å². The Hall–Kier alpha value is -0.770. The van der Waals surface area contributed by atoms with Crippen LogP contribution in [-0.4, -0.2) is 7.05 Å². The third-order valence-corrected chi connectivity index (χ3v) is 4.00. The molecule has 2 rings (SSSR count). The minimum atomic E-state index is 0.179. The van der Waals surface area contributed by atoms with Crippen LogP contribution in [0, 0.1) is 6.92 Å². The molecule has 18 heavy (non-hydrogen) atoms. The van der Waals surface area contributed by atoms with Crippen molar-refractivity contribution in [1.82, 2.24) is 5.32 Å². The van der Waals surface area contributed by atoms with Gasteiger partial charge < -0.3 is 9.73 Å². The van der Waals surface area contributed by atoms with Crippen LogP contribution in [0.15, 0.2) is 39.6 Å². The second-order valence-electron chi connectivity index (χ2n) is 4.29. The number of likely N-dealkylation sites (N-methyl/N-ethyl adjacent to an activating group) is 1. The number of nitrogens with one attached hydrogen (secondary N) is 1. The first kappa shape index (κ1) is 13.7. The lowest BCUT2D eigenvalue weighted by molar-refractivity contribution is 0.518. The van der Waals surface area contributed by atoms with Gasteiger partial charge in [-0.1, -0.05) is 23.7 Å². The number of furan rings is 1. The number of rotatable bonds is 4. The van der Waals surface area contributed by atoms with Gasteiger partial charge in [0.25, 0.3) is 0 Å². The fourth-order valence-corrected chi connectivity index (χ4v) is 2.79. The van der Waals surface area contributed by atoms with E-state index < -0.39 is 0 Å². The SMILES string of the molecule is CNC(Cc1ccc(C)cc1Cl)c1ccoc1Br. The summed E-state index contributed by atoms with van der Waals surface area (Å²) in [5.41, 5.74) is 3.41. The van der Waals surface area contributed by atoms with Crippen molar-refractivity contribution in [2.24, 2.45) is 0 Å². The standard InChI is InChI=1S/C14H15BrClNO/c1-9-3-4-10(12(16)7-9)8-13(17-2)11-5-6-18-14(11)15/h3-7,13,17H,8H2,1-2H3. The quantitative estimate of drug-likeness (QED) is 0.893. The number of hydrogen-bond donors (Lipinski definition) is 1. The van der Waals surface area contributed by atoms with Crippen molar-refractivity contribution in [2.45, 2.75) is 19.4 Å². The Kier molecular flexibility index (Phi) is 4.49. The highest BCUT2D eigenvalue weighted by molar-refractivity contribution is 9.10. The summed E-state index contributed by atoms with van der Waals surface area (Å²) in [5.74, 6) is 0. The highest BCUT2D eigenvalue weighted by Crippen LogP contribution is 2.29. The maximum atomic E-state index is 6.27. The van der Waals surface area contributed by atoms with Crippen molar-refractivity contribution in [2.75, 3.05) is 7.05 Å². The lowest BCUT2D eigenvalue weighted by Crippen LogP contribution is -2.18. The molecule has 1 heterocycles. The summed E-state index contributed by atoms with van der Waals surface area (Å²) in [6, 6.07) is 8.30. The summed E-state index contributed by atoms with van der Waals surface area (Å²) in [5, 5.41) is 4.10. The van der Waals surface area contributed by atoms with Gasteiger partial charge in [0.2, 0.25) is 0 Å². The second kappa shape index (κ2) is 5.91. The Labute approximate surface area is 120 Å². The minimum Gasteiger partial charge on any atom is -0.457 e. The zero-order chi connectivity index (χ0) is 13.1. The normalized spacial score (nSPS) is 12.7. The van der Waals surface area contributed by atoms with Gasteiger partial charge in [0.15, 0.2) is 4.67 Å². The smallest absolute Gasteiger partial charge is 0.173 e. The van der Waals surface area contributed by atoms with Gasteiger partial charge in [-0.05, 0) is 59.6 Å². The average Bonchev–Trinajstić information content (AvgIpc) is 2.75. The molecule has 0 fully saturated rings. The highest BCUT2D eigenvalue weighted by Gasteiger charge is 2.16. The van der Waals surface area contributed by atoms with Crippen LogP contribution in [0.5, 0.6) is 0 Å². The number of benzene rings is 1. The van der Waals surface area contributed by atoms with E-state index in [1.807, 2.05) is 26.1 Å². The van der Waals surface area contributed by atoms with Gasteiger partial charge in [0.1, 0.15) is 0 Å². The molecular formula is C14H15BrClNO. The molecule has 96 valence electrons. The third-order valence-electron chi connectivity index (χ3n) is 3.00. The zero-order valence-corrected chi connectivity index (χ0v) is 12.7. The third kappa shape index (κ3) is 2.97. The molecule has 1 aromatic heterocycles. The maximum Gasteiger partial charge on any atom is 0.173 e. The topological polar surface area (TPSA) is 25.2 Å². The first-order valence-electron chi connectivity index (χ1n) is 5.77. The average molecular weight is 329 g/mol. The fraction of sp³-hybridized carbons (Fsp3) is 0.286. The van der Waals surface area contributed by atoms with Crippen molar-refractivity contribution in [1.29, 1.82) is 0 Å². The van der Waals surface area contributed by atoms with Crippen LogP contribution in [0.2, 0.25) is 5.02 Å². The van der Waals surface area contributed by atoms with Gasteiger partial charge in [0.05, 0.1) is 6.26 Å². The van der Waals surface area contributed by atoms with Gasteiger partial charge in [-0.15, -0.1) is 0 Å². The fourth-order valence-electron chi connectivity index (χ4n) is 1.96. The molecule has 1 atom stereocenters. The minimum absolute atomic E-state index is 0.179. The number of hydrogen-bond acceptors (Lipinski definition) is 2. The van der Waals surface area contributed by atoms with Crippen LogP contribution < -0.4 is 5.32 Å². The molecule has 0 saturated carbocycles. The van der Waals surface area contributed by atoms with Crippen molar-refractivity contribution >= 4 is 27.5 Å². The van der Waals surface area contributed by atoms with E-state index in [1.165, 1.54) is 5.56 Å². The number of aryl methyl sites for hydroxylation is 1. The van der Waals surface area contributed by atoms with Crippen molar-refractivity contribution in [3.63, 3.8) is 0 Å². The molecule has 2 aromatic rings. The van der Waals surface area contributed by atoms with E-state index in [4.69, 9.17) is 16.0 Å². The van der Waals surface area contributed by atoms with Crippen LogP contribution in [0.3, 0.4) is 0 Å². The summed E-state index contributed by atoms with van der Waals surface area (Å²) in [7, 11) is 1.94. The summed E-state index contributed by atoms with van der Waals surface area (Å²) in [6.45, 7) is 2.04. The summed E-state index contributed by atoms with van der Waals surface area (Å²) in [4.78, 5) is 0. The van der Waals surface area contributed by atoms with E-state index >= 15 is 0 Å². The molecule has 0 amide bonds. The summed E-state index contributed by atoms with van der Waals surface area (Å²) >= 11 is 9.68. The van der Waals surface area contributed by atoms with Crippen molar-refractivity contribution < 1.29 is 4.42 Å².